The molecule has 4 aliphatic rings. The molecule has 0 saturated carbocycles. The Labute approximate surface area is 477 Å². The minimum atomic E-state index is -0.532. The number of hydrogen-bond donors (Lipinski definition) is 0. The van der Waals surface area contributed by atoms with E-state index in [1.807, 2.05) is 0 Å². The Morgan fingerprint density at radius 2 is 0.549 bits per heavy atom. The lowest BCUT2D eigenvalue weighted by Crippen LogP contribution is -2.36. The van der Waals surface area contributed by atoms with E-state index >= 15 is 0 Å². The molecule has 0 N–H and O–H groups in total. The van der Waals surface area contributed by atoms with Crippen molar-refractivity contribution in [2.75, 3.05) is 23.9 Å². The number of benzene rings is 14. The third kappa shape index (κ3) is 5.64. The van der Waals surface area contributed by atoms with Gasteiger partial charge in [0.1, 0.15) is 0 Å². The van der Waals surface area contributed by atoms with Crippen molar-refractivity contribution in [2.24, 2.45) is 0 Å². The maximum atomic E-state index is 2.56. The van der Waals surface area contributed by atoms with Crippen LogP contribution in [0.15, 0.2) is 279 Å². The van der Waals surface area contributed by atoms with Gasteiger partial charge in [0.25, 0.3) is 0 Å². The fourth-order valence-electron chi connectivity index (χ4n) is 16.4. The van der Waals surface area contributed by atoms with Crippen LogP contribution < -0.4 is 9.80 Å². The lowest BCUT2D eigenvalue weighted by Gasteiger charge is -2.44. The van der Waals surface area contributed by atoms with Gasteiger partial charge < -0.3 is 9.80 Å². The topological polar surface area (TPSA) is 6.48 Å². The highest BCUT2D eigenvalue weighted by Crippen LogP contribution is 2.66. The first kappa shape index (κ1) is 45.6. The average molecular weight is 1040 g/mol. The highest BCUT2D eigenvalue weighted by atomic mass is 15.1. The van der Waals surface area contributed by atoms with Crippen LogP contribution in [0.2, 0.25) is 0 Å². The molecule has 14 aromatic carbocycles. The molecule has 382 valence electrons. The first-order valence-electron chi connectivity index (χ1n) is 28.8. The normalized spacial score (nSPS) is 14.4. The fourth-order valence-corrected chi connectivity index (χ4v) is 16.4. The van der Waals surface area contributed by atoms with Crippen molar-refractivity contribution in [3.63, 3.8) is 0 Å². The number of fused-ring (bicyclic) bond motifs is 23. The van der Waals surface area contributed by atoms with Gasteiger partial charge in [-0.05, 0) is 156 Å². The molecule has 0 radical (unpaired) electrons. The van der Waals surface area contributed by atoms with Crippen LogP contribution in [-0.4, -0.2) is 14.1 Å². The molecule has 2 aliphatic heterocycles. The van der Waals surface area contributed by atoms with Crippen molar-refractivity contribution in [2.45, 2.75) is 10.8 Å². The molecule has 18 rings (SSSR count). The van der Waals surface area contributed by atoms with E-state index in [-0.39, 0.29) is 0 Å². The van der Waals surface area contributed by atoms with Crippen LogP contribution in [-0.2, 0) is 10.8 Å². The summed E-state index contributed by atoms with van der Waals surface area (Å²) in [6.45, 7) is 0. The Balaban J connectivity index is 0.968. The zero-order valence-electron chi connectivity index (χ0n) is 45.5. The van der Waals surface area contributed by atoms with Gasteiger partial charge in [-0.2, -0.15) is 0 Å². The lowest BCUT2D eigenvalue weighted by molar-refractivity contribution is 0.749. The Kier molecular flexibility index (Phi) is 9.25. The second-order valence-electron chi connectivity index (χ2n) is 23.0. The lowest BCUT2D eigenvalue weighted by atomic mass is 9.64. The summed E-state index contributed by atoms with van der Waals surface area (Å²) in [5.41, 5.74) is 26.9. The summed E-state index contributed by atoms with van der Waals surface area (Å²) < 4.78 is 0. The molecular formula is C80H52N2. The second-order valence-corrected chi connectivity index (χ2v) is 23.0. The van der Waals surface area contributed by atoms with Gasteiger partial charge in [-0.25, -0.2) is 0 Å². The third-order valence-electron chi connectivity index (χ3n) is 19.5. The van der Waals surface area contributed by atoms with Crippen molar-refractivity contribution >= 4 is 65.8 Å². The molecule has 0 unspecified atom stereocenters. The van der Waals surface area contributed by atoms with Gasteiger partial charge in [-0.3, -0.25) is 0 Å². The summed E-state index contributed by atoms with van der Waals surface area (Å²) in [5.74, 6) is 0. The molecule has 82 heavy (non-hydrogen) atoms. The van der Waals surface area contributed by atoms with Crippen LogP contribution >= 0.6 is 0 Å². The first-order valence-corrected chi connectivity index (χ1v) is 28.8. The van der Waals surface area contributed by atoms with Crippen LogP contribution in [0.1, 0.15) is 44.5 Å². The Hall–Kier alpha value is -10.3. The summed E-state index contributed by atoms with van der Waals surface area (Å²) in [4.78, 5) is 4.97. The van der Waals surface area contributed by atoms with Gasteiger partial charge in [0.15, 0.2) is 0 Å². The molecule has 0 bridgehead atoms. The van der Waals surface area contributed by atoms with E-state index in [2.05, 4.69) is 303 Å². The highest BCUT2D eigenvalue weighted by molar-refractivity contribution is 6.25. The number of para-hydroxylation sites is 4. The second kappa shape index (κ2) is 16.6. The van der Waals surface area contributed by atoms with E-state index in [1.54, 1.807) is 0 Å². The minimum absolute atomic E-state index is 0.532. The summed E-state index contributed by atoms with van der Waals surface area (Å²) in [5, 5.41) is 9.88. The van der Waals surface area contributed by atoms with Crippen LogP contribution in [0.3, 0.4) is 0 Å². The predicted molar refractivity (Wildman–Crippen MR) is 344 cm³/mol. The minimum Gasteiger partial charge on any atom is -0.344 e. The van der Waals surface area contributed by atoms with Gasteiger partial charge in [0.2, 0.25) is 0 Å². The van der Waals surface area contributed by atoms with Gasteiger partial charge >= 0.3 is 0 Å². The van der Waals surface area contributed by atoms with Crippen LogP contribution in [0.4, 0.5) is 22.7 Å². The zero-order chi connectivity index (χ0) is 54.0. The molecule has 0 fully saturated rings. The predicted octanol–water partition coefficient (Wildman–Crippen LogP) is 20.2. The number of rotatable bonds is 3. The zero-order valence-corrected chi connectivity index (χ0v) is 45.5. The van der Waals surface area contributed by atoms with Crippen molar-refractivity contribution in [1.82, 2.24) is 0 Å². The van der Waals surface area contributed by atoms with Crippen LogP contribution in [0, 0.1) is 0 Å². The molecule has 14 aromatic rings. The molecule has 2 heteroatoms. The molecule has 2 heterocycles. The van der Waals surface area contributed by atoms with Gasteiger partial charge in [0.05, 0.1) is 22.2 Å². The Bertz CT molecular complexity index is 4770. The number of nitrogens with zero attached hydrogens (tertiary/aromatic N) is 2. The SMILES string of the molecule is CN1c2ccccc2C2(c3ccccc3-c3ccccc32)c2cccc(-c3cccc4c(-c5cc6ccccc6c6ccccc56)c5cccc(-c6cccc7c6N(C)c6ccccc6C76c7ccccc7-c7ccccc76)c5cc34)c21. The third-order valence-corrected chi connectivity index (χ3v) is 19.5. The molecule has 0 aromatic heterocycles. The van der Waals surface area contributed by atoms with E-state index in [1.165, 1.54) is 166 Å². The standard InChI is InChI=1S/C80H52N2/c1-81-74-45-17-15-41-70(74)79(66-37-11-7-27-55(66)56-28-8-12-38-67(56)79)72-43-21-35-61(77(72)81)53-31-19-33-59-63(53)48-64-54(32-20-34-60(64)76(59)65-47-49-23-3-4-24-50(49)51-25-5-6-26-52(51)65)62-36-22-44-73-78(62)82(2)75-46-18-16-42-71(75)80(73)68-39-13-9-29-57(68)58-30-10-14-40-69(58)80/h3-48H,1-2H3. The first-order chi connectivity index (χ1) is 40.6. The van der Waals surface area contributed by atoms with Gasteiger partial charge in [0, 0.05) is 36.6 Å². The van der Waals surface area contributed by atoms with Crippen molar-refractivity contribution in [3.8, 4) is 55.6 Å². The highest BCUT2D eigenvalue weighted by Gasteiger charge is 2.53. The number of hydrogen-bond acceptors (Lipinski definition) is 2. The maximum Gasteiger partial charge on any atom is 0.0754 e. The van der Waals surface area contributed by atoms with Crippen LogP contribution in [0.5, 0.6) is 0 Å². The Morgan fingerprint density at radius 3 is 1.02 bits per heavy atom. The van der Waals surface area contributed by atoms with E-state index < -0.39 is 10.8 Å². The maximum absolute atomic E-state index is 2.56. The van der Waals surface area contributed by atoms with Crippen molar-refractivity contribution < 1.29 is 0 Å². The average Bonchev–Trinajstić information content (AvgIpc) is 1.54. The molecular weight excluding hydrogens is 989 g/mol. The summed E-state index contributed by atoms with van der Waals surface area (Å²) in [6, 6.07) is 106. The quantitative estimate of drug-likeness (QED) is 0.129. The molecule has 0 saturated heterocycles. The van der Waals surface area contributed by atoms with Gasteiger partial charge in [-0.1, -0.05) is 255 Å². The van der Waals surface area contributed by atoms with Crippen LogP contribution in [0.25, 0.3) is 98.7 Å². The molecule has 0 amide bonds. The summed E-state index contributed by atoms with van der Waals surface area (Å²) in [6.07, 6.45) is 0. The summed E-state index contributed by atoms with van der Waals surface area (Å²) in [7, 11) is 4.57. The summed E-state index contributed by atoms with van der Waals surface area (Å²) >= 11 is 0. The van der Waals surface area contributed by atoms with E-state index in [0.717, 1.165) is 0 Å². The Morgan fingerprint density at radius 1 is 0.220 bits per heavy atom. The smallest absolute Gasteiger partial charge is 0.0754 e. The molecule has 2 aliphatic carbocycles. The fraction of sp³-hybridized carbons (Fsp3) is 0.0500. The van der Waals surface area contributed by atoms with Crippen molar-refractivity contribution in [3.05, 3.63) is 324 Å². The van der Waals surface area contributed by atoms with E-state index in [0.29, 0.717) is 0 Å². The van der Waals surface area contributed by atoms with Crippen molar-refractivity contribution in [1.29, 1.82) is 0 Å². The van der Waals surface area contributed by atoms with Gasteiger partial charge in [-0.15, -0.1) is 0 Å². The molecule has 0 atom stereocenters. The van der Waals surface area contributed by atoms with E-state index in [9.17, 15) is 0 Å². The monoisotopic (exact) mass is 1040 g/mol. The largest absolute Gasteiger partial charge is 0.344 e. The molecule has 2 spiro atoms. The van der Waals surface area contributed by atoms with E-state index in [4.69, 9.17) is 0 Å². The molecule has 2 nitrogen and oxygen atoms in total. The number of anilines is 4.